The molecular weight excluding hydrogens is 242 g/mol. The van der Waals surface area contributed by atoms with Crippen LogP contribution in [0.4, 0.5) is 0 Å². The molecule has 1 N–H and O–H groups in total. The Morgan fingerprint density at radius 3 is 2.84 bits per heavy atom. The van der Waals surface area contributed by atoms with Gasteiger partial charge in [0.05, 0.1) is 19.1 Å². The van der Waals surface area contributed by atoms with Crippen molar-refractivity contribution < 1.29 is 19.5 Å². The molecule has 0 aromatic heterocycles. The van der Waals surface area contributed by atoms with E-state index in [-0.39, 0.29) is 0 Å². The van der Waals surface area contributed by atoms with Gasteiger partial charge in [-0.2, -0.15) is 0 Å². The maximum absolute atomic E-state index is 10.4. The maximum atomic E-state index is 10.4. The van der Waals surface area contributed by atoms with Gasteiger partial charge in [0.25, 0.3) is 0 Å². The summed E-state index contributed by atoms with van der Waals surface area (Å²) in [6.07, 6.45) is 2.58. The van der Waals surface area contributed by atoms with Crippen LogP contribution >= 0.6 is 0 Å². The van der Waals surface area contributed by atoms with Crippen LogP contribution in [0.15, 0.2) is 24.3 Å². The van der Waals surface area contributed by atoms with Gasteiger partial charge in [0.1, 0.15) is 18.9 Å². The summed E-state index contributed by atoms with van der Waals surface area (Å²) in [5.41, 5.74) is 1.19. The van der Waals surface area contributed by atoms with Crippen LogP contribution in [0.2, 0.25) is 0 Å². The first kappa shape index (κ1) is 13.9. The summed E-state index contributed by atoms with van der Waals surface area (Å²) < 4.78 is 5.14. The molecule has 0 spiro atoms. The predicted octanol–water partition coefficient (Wildman–Crippen LogP) is -0.370. The Morgan fingerprint density at radius 1 is 1.42 bits per heavy atom. The molecule has 4 heteroatoms. The van der Waals surface area contributed by atoms with Crippen LogP contribution in [0.5, 0.6) is 5.75 Å². The van der Waals surface area contributed by atoms with Gasteiger partial charge in [-0.1, -0.05) is 19.1 Å². The lowest BCUT2D eigenvalue weighted by atomic mass is 9.99. The van der Waals surface area contributed by atoms with E-state index in [9.17, 15) is 9.90 Å². The zero-order valence-corrected chi connectivity index (χ0v) is 11.4. The Balaban J connectivity index is 1.89. The van der Waals surface area contributed by atoms with Gasteiger partial charge >= 0.3 is 0 Å². The fourth-order valence-electron chi connectivity index (χ4n) is 2.52. The number of ether oxygens (including phenoxy) is 1. The maximum Gasteiger partial charge on any atom is 0.128 e. The lowest BCUT2D eigenvalue weighted by Crippen LogP contribution is -3.11. The number of carbonyl (C=O) groups excluding carboxylic acids is 1. The zero-order chi connectivity index (χ0) is 13.7. The number of likely N-dealkylation sites (tertiary alicyclic amines) is 1. The minimum atomic E-state index is -1.19. The molecule has 4 nitrogen and oxygen atoms in total. The first-order valence-corrected chi connectivity index (χ1v) is 6.88. The number of benzene rings is 1. The minimum absolute atomic E-state index is 0.391. The molecule has 1 aliphatic heterocycles. The van der Waals surface area contributed by atoms with Crippen molar-refractivity contribution in [2.75, 3.05) is 19.7 Å². The minimum Gasteiger partial charge on any atom is -0.546 e. The van der Waals surface area contributed by atoms with E-state index in [1.54, 1.807) is 11.0 Å². The number of carboxylic acid groups (broad SMARTS) is 1. The van der Waals surface area contributed by atoms with Gasteiger partial charge in [-0.05, 0) is 30.9 Å². The molecule has 0 aliphatic carbocycles. The number of hydrogen-bond acceptors (Lipinski definition) is 3. The average molecular weight is 263 g/mol. The summed E-state index contributed by atoms with van der Waals surface area (Å²) in [4.78, 5) is 12.0. The van der Waals surface area contributed by atoms with Gasteiger partial charge in [-0.3, -0.25) is 0 Å². The number of piperidine rings is 1. The highest BCUT2D eigenvalue weighted by molar-refractivity contribution is 5.66. The second kappa shape index (κ2) is 6.57. The van der Waals surface area contributed by atoms with E-state index in [1.165, 1.54) is 31.5 Å². The third kappa shape index (κ3) is 4.56. The second-order valence-electron chi connectivity index (χ2n) is 5.42. The summed E-state index contributed by atoms with van der Waals surface area (Å²) >= 11 is 0. The van der Waals surface area contributed by atoms with Crippen molar-refractivity contribution in [2.45, 2.75) is 26.3 Å². The highest BCUT2D eigenvalue weighted by Gasteiger charge is 2.18. The molecule has 1 heterocycles. The molecule has 0 bridgehead atoms. The van der Waals surface area contributed by atoms with E-state index in [0.29, 0.717) is 5.75 Å². The summed E-state index contributed by atoms with van der Waals surface area (Å²) in [5.74, 6) is 0.258. The van der Waals surface area contributed by atoms with Crippen LogP contribution in [0.25, 0.3) is 0 Å². The van der Waals surface area contributed by atoms with Gasteiger partial charge in [-0.15, -0.1) is 0 Å². The van der Waals surface area contributed by atoms with Crippen LogP contribution < -0.4 is 14.7 Å². The smallest absolute Gasteiger partial charge is 0.128 e. The molecule has 1 aliphatic rings. The molecule has 0 radical (unpaired) electrons. The normalized spacial score (nSPS) is 23.0. The van der Waals surface area contributed by atoms with E-state index in [0.717, 1.165) is 12.5 Å². The number of hydrogen-bond donors (Lipinski definition) is 1. The van der Waals surface area contributed by atoms with Crippen molar-refractivity contribution in [1.82, 2.24) is 0 Å². The van der Waals surface area contributed by atoms with Crippen molar-refractivity contribution in [3.8, 4) is 5.75 Å². The van der Waals surface area contributed by atoms with Gasteiger partial charge in [0.15, 0.2) is 0 Å². The first-order valence-electron chi connectivity index (χ1n) is 6.88. The molecule has 0 amide bonds. The zero-order valence-electron chi connectivity index (χ0n) is 11.4. The number of aliphatic carboxylic acids is 1. The topological polar surface area (TPSA) is 53.8 Å². The molecule has 19 heavy (non-hydrogen) atoms. The number of quaternary nitrogens is 1. The summed E-state index contributed by atoms with van der Waals surface area (Å²) in [5, 5.41) is 10.4. The second-order valence-corrected chi connectivity index (χ2v) is 5.42. The number of carbonyl (C=O) groups is 1. The van der Waals surface area contributed by atoms with Crippen LogP contribution in [0.1, 0.15) is 25.3 Å². The monoisotopic (exact) mass is 263 g/mol. The highest BCUT2D eigenvalue weighted by Crippen LogP contribution is 2.13. The van der Waals surface area contributed by atoms with Crippen molar-refractivity contribution >= 4 is 5.97 Å². The Bertz CT molecular complexity index is 425. The van der Waals surface area contributed by atoms with Crippen molar-refractivity contribution in [3.63, 3.8) is 0 Å². The van der Waals surface area contributed by atoms with Crippen LogP contribution in [-0.2, 0) is 11.3 Å². The van der Waals surface area contributed by atoms with E-state index < -0.39 is 12.6 Å². The molecule has 0 atom stereocenters. The van der Waals surface area contributed by atoms with Gasteiger partial charge < -0.3 is 19.5 Å². The van der Waals surface area contributed by atoms with E-state index in [2.05, 4.69) is 13.0 Å². The lowest BCUT2D eigenvalue weighted by molar-refractivity contribution is -0.919. The van der Waals surface area contributed by atoms with E-state index >= 15 is 0 Å². The summed E-state index contributed by atoms with van der Waals surface area (Å²) in [6.45, 7) is 5.33. The third-order valence-electron chi connectivity index (χ3n) is 3.69. The molecule has 0 unspecified atom stereocenters. The molecular formula is C15H21NO3. The number of carboxylic acids is 1. The van der Waals surface area contributed by atoms with Gasteiger partial charge in [-0.25, -0.2) is 0 Å². The first-order chi connectivity index (χ1) is 9.13. The molecule has 1 saturated heterocycles. The van der Waals surface area contributed by atoms with Crippen LogP contribution in [0, 0.1) is 5.92 Å². The van der Waals surface area contributed by atoms with E-state index in [4.69, 9.17) is 4.74 Å². The largest absolute Gasteiger partial charge is 0.546 e. The summed E-state index contributed by atoms with van der Waals surface area (Å²) in [7, 11) is 0. The van der Waals surface area contributed by atoms with Gasteiger partial charge in [0, 0.05) is 5.56 Å². The fourth-order valence-corrected chi connectivity index (χ4v) is 2.52. The Labute approximate surface area is 114 Å². The molecule has 104 valence electrons. The third-order valence-corrected chi connectivity index (χ3v) is 3.69. The highest BCUT2D eigenvalue weighted by atomic mass is 16.5. The van der Waals surface area contributed by atoms with Crippen molar-refractivity contribution in [3.05, 3.63) is 29.8 Å². The quantitative estimate of drug-likeness (QED) is 0.788. The average Bonchev–Trinajstić information content (AvgIpc) is 2.40. The number of nitrogens with one attached hydrogen (secondary N) is 1. The Hall–Kier alpha value is -1.55. The lowest BCUT2D eigenvalue weighted by Gasteiger charge is -2.27. The van der Waals surface area contributed by atoms with Crippen LogP contribution in [-0.4, -0.2) is 25.7 Å². The molecule has 1 fully saturated rings. The Morgan fingerprint density at radius 2 is 2.16 bits per heavy atom. The van der Waals surface area contributed by atoms with E-state index in [1.807, 2.05) is 12.1 Å². The standard InChI is InChI=1S/C15H21NO3/c1-12-5-7-16(8-6-12)10-13-3-2-4-14(9-13)19-11-15(17)18/h2-4,9,12H,5-8,10-11H2,1H3,(H,17,18). The molecule has 1 aromatic rings. The van der Waals surface area contributed by atoms with Crippen molar-refractivity contribution in [2.24, 2.45) is 5.92 Å². The van der Waals surface area contributed by atoms with Crippen LogP contribution in [0.3, 0.4) is 0 Å². The van der Waals surface area contributed by atoms with Crippen molar-refractivity contribution in [1.29, 1.82) is 0 Å². The van der Waals surface area contributed by atoms with Gasteiger partial charge in [0.2, 0.25) is 0 Å². The Kier molecular flexibility index (Phi) is 4.80. The predicted molar refractivity (Wildman–Crippen MR) is 69.7 cm³/mol. The number of rotatable bonds is 5. The SMILES string of the molecule is CC1CC[NH+](Cc2cccc(OCC(=O)[O-])c2)CC1. The summed E-state index contributed by atoms with van der Waals surface area (Å²) in [6, 6.07) is 7.68. The molecule has 2 rings (SSSR count). The molecule has 0 saturated carbocycles. The molecule has 1 aromatic carbocycles. The fraction of sp³-hybridized carbons (Fsp3) is 0.533.